The Kier molecular flexibility index (Phi) is 5.77. The van der Waals surface area contributed by atoms with E-state index in [9.17, 15) is 4.79 Å². The highest BCUT2D eigenvalue weighted by Gasteiger charge is 2.24. The molecule has 152 valence electrons. The summed E-state index contributed by atoms with van der Waals surface area (Å²) in [5.41, 5.74) is 5.30. The number of amides is 1. The molecule has 0 saturated carbocycles. The lowest BCUT2D eigenvalue weighted by atomic mass is 10.0. The van der Waals surface area contributed by atoms with Gasteiger partial charge in [0.05, 0.1) is 12.3 Å². The van der Waals surface area contributed by atoms with Gasteiger partial charge >= 0.3 is 0 Å². The molecule has 0 unspecified atom stereocenters. The molecule has 0 saturated heterocycles. The number of aryl methyl sites for hydroxylation is 1. The van der Waals surface area contributed by atoms with E-state index < -0.39 is 0 Å². The summed E-state index contributed by atoms with van der Waals surface area (Å²) in [6.07, 6.45) is 1.85. The van der Waals surface area contributed by atoms with E-state index in [2.05, 4.69) is 24.4 Å². The van der Waals surface area contributed by atoms with Crippen LogP contribution < -0.4 is 14.8 Å². The molecule has 4 rings (SSSR count). The maximum Gasteiger partial charge on any atom is 0.256 e. The van der Waals surface area contributed by atoms with Crippen molar-refractivity contribution >= 4 is 34.8 Å². The molecule has 1 aliphatic rings. The Morgan fingerprint density at radius 1 is 1.00 bits per heavy atom. The summed E-state index contributed by atoms with van der Waals surface area (Å²) in [6, 6.07) is 19.3. The van der Waals surface area contributed by atoms with Gasteiger partial charge in [0.1, 0.15) is 6.61 Å². The highest BCUT2D eigenvalue weighted by Crippen LogP contribution is 2.36. The fourth-order valence-electron chi connectivity index (χ4n) is 3.44. The molecule has 1 heterocycles. The minimum absolute atomic E-state index is 0.148. The van der Waals surface area contributed by atoms with Crippen LogP contribution in [-0.4, -0.2) is 12.5 Å². The minimum Gasteiger partial charge on any atom is -0.490 e. The smallest absolute Gasteiger partial charge is 0.256 e. The number of carbonyl (C=O) groups is 1. The van der Waals surface area contributed by atoms with E-state index in [-0.39, 0.29) is 5.91 Å². The number of fused-ring (bicyclic) bond motifs is 1. The van der Waals surface area contributed by atoms with Crippen molar-refractivity contribution < 1.29 is 14.3 Å². The summed E-state index contributed by atoms with van der Waals surface area (Å²) >= 11 is 6.03. The first kappa shape index (κ1) is 20.0. The van der Waals surface area contributed by atoms with Crippen LogP contribution in [0.5, 0.6) is 11.5 Å². The molecule has 0 radical (unpaired) electrons. The van der Waals surface area contributed by atoms with Crippen LogP contribution in [0.3, 0.4) is 0 Å². The Hall–Kier alpha value is -3.24. The Balaban J connectivity index is 1.60. The maximum atomic E-state index is 12.4. The lowest BCUT2D eigenvalue weighted by Gasteiger charge is -2.13. The molecule has 0 spiro atoms. The SMILES string of the molecule is CCOc1cc(/C=C2/C(=O)Nc3cc(Cl)ccc32)ccc1OCc1cccc(C)c1. The van der Waals surface area contributed by atoms with E-state index in [1.54, 1.807) is 12.1 Å². The first-order chi connectivity index (χ1) is 14.5. The fraction of sp³-hybridized carbons (Fsp3) is 0.160. The molecule has 5 heteroatoms. The zero-order valence-corrected chi connectivity index (χ0v) is 17.6. The number of hydrogen-bond acceptors (Lipinski definition) is 3. The van der Waals surface area contributed by atoms with Crippen LogP contribution >= 0.6 is 11.6 Å². The van der Waals surface area contributed by atoms with Crippen LogP contribution in [0.2, 0.25) is 5.02 Å². The molecular weight excluding hydrogens is 398 g/mol. The number of ether oxygens (including phenoxy) is 2. The van der Waals surface area contributed by atoms with Crippen LogP contribution in [0.1, 0.15) is 29.2 Å². The van der Waals surface area contributed by atoms with Gasteiger partial charge in [-0.1, -0.05) is 53.6 Å². The molecule has 4 nitrogen and oxygen atoms in total. The van der Waals surface area contributed by atoms with Gasteiger partial charge in [-0.25, -0.2) is 0 Å². The van der Waals surface area contributed by atoms with Crippen molar-refractivity contribution in [3.63, 3.8) is 0 Å². The normalized spacial score (nSPS) is 13.8. The second-order valence-electron chi connectivity index (χ2n) is 7.12. The average Bonchev–Trinajstić information content (AvgIpc) is 3.02. The van der Waals surface area contributed by atoms with E-state index in [0.29, 0.717) is 35.3 Å². The Labute approximate surface area is 181 Å². The van der Waals surface area contributed by atoms with Crippen molar-refractivity contribution in [1.82, 2.24) is 0 Å². The van der Waals surface area contributed by atoms with Gasteiger partial charge in [-0.2, -0.15) is 0 Å². The van der Waals surface area contributed by atoms with Crippen LogP contribution in [0.4, 0.5) is 5.69 Å². The molecule has 0 atom stereocenters. The second-order valence-corrected chi connectivity index (χ2v) is 7.56. The third kappa shape index (κ3) is 4.34. The predicted octanol–water partition coefficient (Wildman–Crippen LogP) is 6.12. The number of nitrogens with one attached hydrogen (secondary N) is 1. The van der Waals surface area contributed by atoms with E-state index in [4.69, 9.17) is 21.1 Å². The summed E-state index contributed by atoms with van der Waals surface area (Å²) < 4.78 is 11.8. The van der Waals surface area contributed by atoms with Crippen molar-refractivity contribution in [1.29, 1.82) is 0 Å². The van der Waals surface area contributed by atoms with Gasteiger partial charge in [0, 0.05) is 16.2 Å². The monoisotopic (exact) mass is 419 g/mol. The summed E-state index contributed by atoms with van der Waals surface area (Å²) in [6.45, 7) is 4.96. The number of benzene rings is 3. The van der Waals surface area contributed by atoms with E-state index in [1.165, 1.54) is 5.56 Å². The van der Waals surface area contributed by atoms with Gasteiger partial charge in [-0.3, -0.25) is 4.79 Å². The summed E-state index contributed by atoms with van der Waals surface area (Å²) in [7, 11) is 0. The van der Waals surface area contributed by atoms with Gasteiger partial charge in [-0.05, 0) is 55.3 Å². The molecule has 3 aromatic carbocycles. The first-order valence-corrected chi connectivity index (χ1v) is 10.2. The highest BCUT2D eigenvalue weighted by molar-refractivity contribution is 6.36. The molecule has 0 aliphatic carbocycles. The maximum absolute atomic E-state index is 12.4. The van der Waals surface area contributed by atoms with Crippen molar-refractivity contribution in [3.8, 4) is 11.5 Å². The van der Waals surface area contributed by atoms with Gasteiger partial charge < -0.3 is 14.8 Å². The van der Waals surface area contributed by atoms with Crippen LogP contribution in [0, 0.1) is 6.92 Å². The molecule has 30 heavy (non-hydrogen) atoms. The predicted molar refractivity (Wildman–Crippen MR) is 121 cm³/mol. The molecule has 1 aliphatic heterocycles. The number of hydrogen-bond donors (Lipinski definition) is 1. The molecule has 0 aromatic heterocycles. The highest BCUT2D eigenvalue weighted by atomic mass is 35.5. The zero-order chi connectivity index (χ0) is 21.1. The Morgan fingerprint density at radius 3 is 2.67 bits per heavy atom. The number of anilines is 1. The van der Waals surface area contributed by atoms with Gasteiger partial charge in [0.2, 0.25) is 0 Å². The van der Waals surface area contributed by atoms with Crippen LogP contribution in [0.15, 0.2) is 60.7 Å². The number of rotatable bonds is 6. The fourth-order valence-corrected chi connectivity index (χ4v) is 3.61. The Morgan fingerprint density at radius 2 is 1.87 bits per heavy atom. The standard InChI is InChI=1S/C25H22ClNO3/c1-3-29-24-13-17(7-10-23(24)30-15-18-6-4-5-16(2)11-18)12-21-20-9-8-19(26)14-22(20)27-25(21)28/h4-14H,3,15H2,1-2H3,(H,27,28)/b21-12+. The van der Waals surface area contributed by atoms with Crippen molar-refractivity contribution in [2.24, 2.45) is 0 Å². The lowest BCUT2D eigenvalue weighted by molar-refractivity contribution is -0.110. The molecular formula is C25H22ClNO3. The van der Waals surface area contributed by atoms with Crippen molar-refractivity contribution in [2.75, 3.05) is 11.9 Å². The summed E-state index contributed by atoms with van der Waals surface area (Å²) in [4.78, 5) is 12.4. The molecule has 1 amide bonds. The van der Waals surface area contributed by atoms with Crippen LogP contribution in [0.25, 0.3) is 11.6 Å². The number of halogens is 1. The summed E-state index contributed by atoms with van der Waals surface area (Å²) in [5.74, 6) is 1.17. The minimum atomic E-state index is -0.148. The molecule has 0 fully saturated rings. The lowest BCUT2D eigenvalue weighted by Crippen LogP contribution is -2.03. The van der Waals surface area contributed by atoms with Gasteiger partial charge in [0.15, 0.2) is 11.5 Å². The largest absolute Gasteiger partial charge is 0.490 e. The molecule has 3 aromatic rings. The van der Waals surface area contributed by atoms with Crippen molar-refractivity contribution in [2.45, 2.75) is 20.5 Å². The van der Waals surface area contributed by atoms with Gasteiger partial charge in [-0.15, -0.1) is 0 Å². The topological polar surface area (TPSA) is 47.6 Å². The van der Waals surface area contributed by atoms with Crippen LogP contribution in [-0.2, 0) is 11.4 Å². The van der Waals surface area contributed by atoms with E-state index >= 15 is 0 Å². The second kappa shape index (κ2) is 8.64. The molecule has 0 bridgehead atoms. The van der Waals surface area contributed by atoms with E-state index in [0.717, 1.165) is 22.4 Å². The quantitative estimate of drug-likeness (QED) is 0.489. The first-order valence-electron chi connectivity index (χ1n) is 9.81. The van der Waals surface area contributed by atoms with Gasteiger partial charge in [0.25, 0.3) is 5.91 Å². The zero-order valence-electron chi connectivity index (χ0n) is 16.9. The third-order valence-corrected chi connectivity index (χ3v) is 5.06. The molecule has 1 N–H and O–H groups in total. The third-order valence-electron chi connectivity index (χ3n) is 4.82. The average molecular weight is 420 g/mol. The Bertz CT molecular complexity index is 1140. The summed E-state index contributed by atoms with van der Waals surface area (Å²) in [5, 5.41) is 3.44. The van der Waals surface area contributed by atoms with E-state index in [1.807, 2.05) is 49.4 Å². The number of carbonyl (C=O) groups excluding carboxylic acids is 1. The van der Waals surface area contributed by atoms with Crippen molar-refractivity contribution in [3.05, 3.63) is 87.9 Å².